The highest BCUT2D eigenvalue weighted by atomic mass is 35.5. The molecule has 0 spiro atoms. The summed E-state index contributed by atoms with van der Waals surface area (Å²) < 4.78 is 0.729. The first-order valence-corrected chi connectivity index (χ1v) is 7.26. The smallest absolute Gasteiger partial charge is 0.323 e. The Morgan fingerprint density at radius 2 is 2.21 bits per heavy atom. The fourth-order valence-electron chi connectivity index (χ4n) is 1.78. The Morgan fingerprint density at radius 3 is 2.74 bits per heavy atom. The molecule has 5 nitrogen and oxygen atoms in total. The van der Waals surface area contributed by atoms with Crippen molar-refractivity contribution < 1.29 is 14.7 Å². The molecule has 0 bridgehead atoms. The number of carbonyl (C=O) groups is 2. The SMILES string of the molecule is O=C(O)CN(C(=O)NCCc1ccc(Cl)s1)C1CC1. The molecule has 0 atom stereocenters. The Labute approximate surface area is 120 Å². The van der Waals surface area contributed by atoms with E-state index >= 15 is 0 Å². The van der Waals surface area contributed by atoms with E-state index in [2.05, 4.69) is 5.32 Å². The van der Waals surface area contributed by atoms with Gasteiger partial charge in [0, 0.05) is 17.5 Å². The number of carboxylic acids is 1. The van der Waals surface area contributed by atoms with Gasteiger partial charge in [-0.3, -0.25) is 4.79 Å². The molecule has 1 fully saturated rings. The molecular formula is C12H15ClN2O3S. The Bertz CT molecular complexity index is 473. The van der Waals surface area contributed by atoms with Crippen molar-refractivity contribution in [2.24, 2.45) is 0 Å². The van der Waals surface area contributed by atoms with Crippen LogP contribution in [0.1, 0.15) is 17.7 Å². The molecule has 0 aromatic carbocycles. The average molecular weight is 303 g/mol. The highest BCUT2D eigenvalue weighted by Gasteiger charge is 2.33. The Balaban J connectivity index is 1.77. The average Bonchev–Trinajstić information content (AvgIpc) is 3.10. The predicted octanol–water partition coefficient (Wildman–Crippen LogP) is 2.20. The maximum absolute atomic E-state index is 11.9. The summed E-state index contributed by atoms with van der Waals surface area (Å²) in [6.07, 6.45) is 2.48. The van der Waals surface area contributed by atoms with Crippen LogP contribution in [-0.4, -0.2) is 41.1 Å². The van der Waals surface area contributed by atoms with Crippen LogP contribution in [0.3, 0.4) is 0 Å². The molecule has 2 N–H and O–H groups in total. The fraction of sp³-hybridized carbons (Fsp3) is 0.500. The molecule has 1 aromatic heterocycles. The first kappa shape index (κ1) is 14.1. The summed E-state index contributed by atoms with van der Waals surface area (Å²) in [6.45, 7) is 0.250. The molecular weight excluding hydrogens is 288 g/mol. The van der Waals surface area contributed by atoms with Gasteiger partial charge in [0.15, 0.2) is 0 Å². The van der Waals surface area contributed by atoms with E-state index in [-0.39, 0.29) is 18.6 Å². The quantitative estimate of drug-likeness (QED) is 0.846. The molecule has 0 aliphatic heterocycles. The van der Waals surface area contributed by atoms with E-state index in [1.54, 1.807) is 0 Å². The normalized spacial score (nSPS) is 14.2. The van der Waals surface area contributed by atoms with E-state index < -0.39 is 5.97 Å². The number of thiophene rings is 1. The van der Waals surface area contributed by atoms with Gasteiger partial charge in [0.1, 0.15) is 6.54 Å². The third-order valence-corrected chi connectivity index (χ3v) is 4.12. The van der Waals surface area contributed by atoms with Gasteiger partial charge >= 0.3 is 12.0 Å². The molecule has 2 rings (SSSR count). The van der Waals surface area contributed by atoms with Crippen molar-refractivity contribution in [1.82, 2.24) is 10.2 Å². The number of carbonyl (C=O) groups excluding carboxylic acids is 1. The Kier molecular flexibility index (Phi) is 4.66. The van der Waals surface area contributed by atoms with Gasteiger partial charge in [0.2, 0.25) is 0 Å². The van der Waals surface area contributed by atoms with Crippen LogP contribution in [-0.2, 0) is 11.2 Å². The molecule has 1 aliphatic rings. The largest absolute Gasteiger partial charge is 0.480 e. The standard InChI is InChI=1S/C12H15ClN2O3S/c13-10-4-3-9(19-10)5-6-14-12(18)15(7-11(16)17)8-1-2-8/h3-4,8H,1-2,5-7H2,(H,14,18)(H,16,17). The van der Waals surface area contributed by atoms with Crippen LogP contribution in [0.25, 0.3) is 0 Å². The number of hydrogen-bond acceptors (Lipinski definition) is 3. The zero-order valence-electron chi connectivity index (χ0n) is 10.3. The summed E-state index contributed by atoms with van der Waals surface area (Å²) in [5.74, 6) is -0.980. The third kappa shape index (κ3) is 4.40. The molecule has 1 aliphatic carbocycles. The number of hydrogen-bond donors (Lipinski definition) is 2. The van der Waals surface area contributed by atoms with E-state index in [1.165, 1.54) is 16.2 Å². The zero-order chi connectivity index (χ0) is 13.8. The molecule has 2 amide bonds. The van der Waals surface area contributed by atoms with E-state index in [4.69, 9.17) is 16.7 Å². The van der Waals surface area contributed by atoms with E-state index in [0.29, 0.717) is 13.0 Å². The van der Waals surface area contributed by atoms with Crippen LogP contribution in [0, 0.1) is 0 Å². The summed E-state index contributed by atoms with van der Waals surface area (Å²) in [6, 6.07) is 3.54. The lowest BCUT2D eigenvalue weighted by molar-refractivity contribution is -0.137. The first-order valence-electron chi connectivity index (χ1n) is 6.06. The van der Waals surface area contributed by atoms with Crippen molar-refractivity contribution in [3.63, 3.8) is 0 Å². The summed E-state index contributed by atoms with van der Waals surface area (Å²) in [7, 11) is 0. The second-order valence-electron chi connectivity index (χ2n) is 4.44. The summed E-state index contributed by atoms with van der Waals surface area (Å²) >= 11 is 7.30. The number of nitrogens with one attached hydrogen (secondary N) is 1. The van der Waals surface area contributed by atoms with Crippen molar-refractivity contribution in [1.29, 1.82) is 0 Å². The number of amides is 2. The number of aliphatic carboxylic acids is 1. The van der Waals surface area contributed by atoms with Crippen molar-refractivity contribution in [2.75, 3.05) is 13.1 Å². The summed E-state index contributed by atoms with van der Waals surface area (Å²) in [4.78, 5) is 25.1. The highest BCUT2D eigenvalue weighted by Crippen LogP contribution is 2.26. The van der Waals surface area contributed by atoms with Crippen molar-refractivity contribution in [2.45, 2.75) is 25.3 Å². The lowest BCUT2D eigenvalue weighted by Crippen LogP contribution is -2.44. The van der Waals surface area contributed by atoms with Crippen molar-refractivity contribution in [3.8, 4) is 0 Å². The number of halogens is 1. The summed E-state index contributed by atoms with van der Waals surface area (Å²) in [5.41, 5.74) is 0. The van der Waals surface area contributed by atoms with Gasteiger partial charge in [-0.25, -0.2) is 4.79 Å². The minimum atomic E-state index is -0.980. The lowest BCUT2D eigenvalue weighted by Gasteiger charge is -2.20. The lowest BCUT2D eigenvalue weighted by atomic mass is 10.3. The number of rotatable bonds is 6. The van der Waals surface area contributed by atoms with Gasteiger partial charge in [-0.05, 0) is 31.4 Å². The van der Waals surface area contributed by atoms with Crippen molar-refractivity contribution >= 4 is 34.9 Å². The minimum absolute atomic E-state index is 0.0901. The maximum atomic E-state index is 11.9. The van der Waals surface area contributed by atoms with Gasteiger partial charge in [0.25, 0.3) is 0 Å². The highest BCUT2D eigenvalue weighted by molar-refractivity contribution is 7.16. The maximum Gasteiger partial charge on any atom is 0.323 e. The molecule has 104 valence electrons. The van der Waals surface area contributed by atoms with Crippen LogP contribution in [0.2, 0.25) is 4.34 Å². The summed E-state index contributed by atoms with van der Waals surface area (Å²) in [5, 5.41) is 11.5. The molecule has 1 heterocycles. The van der Waals surface area contributed by atoms with Crippen LogP contribution < -0.4 is 5.32 Å². The van der Waals surface area contributed by atoms with Gasteiger partial charge in [-0.15, -0.1) is 11.3 Å². The Morgan fingerprint density at radius 1 is 1.47 bits per heavy atom. The molecule has 19 heavy (non-hydrogen) atoms. The molecule has 1 aromatic rings. The minimum Gasteiger partial charge on any atom is -0.480 e. The molecule has 0 unspecified atom stereocenters. The van der Waals surface area contributed by atoms with Gasteiger partial charge in [0.05, 0.1) is 4.34 Å². The number of carboxylic acid groups (broad SMARTS) is 1. The van der Waals surface area contributed by atoms with E-state index in [9.17, 15) is 9.59 Å². The van der Waals surface area contributed by atoms with Gasteiger partial charge in [-0.1, -0.05) is 11.6 Å². The molecule has 1 saturated carbocycles. The van der Waals surface area contributed by atoms with Gasteiger partial charge < -0.3 is 15.3 Å². The van der Waals surface area contributed by atoms with Crippen LogP contribution in [0.4, 0.5) is 4.79 Å². The monoisotopic (exact) mass is 302 g/mol. The molecule has 0 radical (unpaired) electrons. The number of urea groups is 1. The van der Waals surface area contributed by atoms with E-state index in [1.807, 2.05) is 12.1 Å². The van der Waals surface area contributed by atoms with Crippen LogP contribution in [0.5, 0.6) is 0 Å². The zero-order valence-corrected chi connectivity index (χ0v) is 11.8. The van der Waals surface area contributed by atoms with Crippen LogP contribution >= 0.6 is 22.9 Å². The van der Waals surface area contributed by atoms with E-state index in [0.717, 1.165) is 22.1 Å². The fourth-order valence-corrected chi connectivity index (χ4v) is 2.87. The van der Waals surface area contributed by atoms with Crippen molar-refractivity contribution in [3.05, 3.63) is 21.3 Å². The predicted molar refractivity (Wildman–Crippen MR) is 73.8 cm³/mol. The number of nitrogens with zero attached hydrogens (tertiary/aromatic N) is 1. The molecule has 7 heteroatoms. The first-order chi connectivity index (χ1) is 9.06. The van der Waals surface area contributed by atoms with Crippen LogP contribution in [0.15, 0.2) is 12.1 Å². The van der Waals surface area contributed by atoms with Gasteiger partial charge in [-0.2, -0.15) is 0 Å². The molecule has 0 saturated heterocycles. The Hall–Kier alpha value is -1.27. The third-order valence-electron chi connectivity index (χ3n) is 2.83. The second-order valence-corrected chi connectivity index (χ2v) is 6.24. The second kappa shape index (κ2) is 6.25. The topological polar surface area (TPSA) is 69.6 Å².